The zero-order chi connectivity index (χ0) is 47.5. The summed E-state index contributed by atoms with van der Waals surface area (Å²) < 4.78 is 0. The van der Waals surface area contributed by atoms with E-state index in [0.717, 1.165) is 102 Å². The van der Waals surface area contributed by atoms with E-state index in [9.17, 15) is 19.2 Å². The number of carbonyl (C=O) groups excluding carboxylic acids is 4. The number of rotatable bonds is 19. The van der Waals surface area contributed by atoms with Crippen LogP contribution < -0.4 is 16.0 Å². The number of H-pyrrole nitrogens is 1. The second-order valence-electron chi connectivity index (χ2n) is 19.8. The van der Waals surface area contributed by atoms with Gasteiger partial charge in [0.15, 0.2) is 0 Å². The summed E-state index contributed by atoms with van der Waals surface area (Å²) in [4.78, 5) is 61.7. The van der Waals surface area contributed by atoms with Crippen LogP contribution in [-0.4, -0.2) is 71.4 Å². The summed E-state index contributed by atoms with van der Waals surface area (Å²) in [5.74, 6) is 1.31. The molecule has 350 valence electrons. The van der Waals surface area contributed by atoms with E-state index in [2.05, 4.69) is 130 Å². The van der Waals surface area contributed by atoms with Crippen LogP contribution in [-0.2, 0) is 25.6 Å². The Morgan fingerprint density at radius 3 is 2.16 bits per heavy atom. The summed E-state index contributed by atoms with van der Waals surface area (Å²) in [7, 11) is 0. The number of aromatic nitrogens is 2. The van der Waals surface area contributed by atoms with E-state index in [1.165, 1.54) is 5.57 Å². The number of hydrogen-bond acceptors (Lipinski definition) is 6. The maximum absolute atomic E-state index is 12.7. The largest absolute Gasteiger partial charge is 0.356 e. The van der Waals surface area contributed by atoms with Crippen LogP contribution in [0.3, 0.4) is 0 Å². The maximum Gasteiger partial charge on any atom is 0.241 e. The number of pyridine rings is 1. The van der Waals surface area contributed by atoms with Gasteiger partial charge in [-0.2, -0.15) is 0 Å². The normalized spacial score (nSPS) is 14.3. The van der Waals surface area contributed by atoms with E-state index >= 15 is 0 Å². The maximum atomic E-state index is 12.7. The summed E-state index contributed by atoms with van der Waals surface area (Å²) in [6, 6.07) is 16.6. The third-order valence-electron chi connectivity index (χ3n) is 11.6. The highest BCUT2D eigenvalue weighted by Crippen LogP contribution is 2.37. The molecule has 1 aliphatic heterocycles. The van der Waals surface area contributed by atoms with Crippen molar-refractivity contribution in [3.8, 4) is 0 Å². The van der Waals surface area contributed by atoms with Crippen molar-refractivity contribution in [2.45, 2.75) is 140 Å². The molecular formula is C53H79N7O4. The van der Waals surface area contributed by atoms with Crippen LogP contribution in [0.1, 0.15) is 151 Å². The second kappa shape index (κ2) is 25.8. The van der Waals surface area contributed by atoms with Crippen LogP contribution in [0.15, 0.2) is 71.6 Å². The molecule has 0 bridgehead atoms. The molecule has 4 aromatic rings. The molecule has 1 aliphatic rings. The summed E-state index contributed by atoms with van der Waals surface area (Å²) in [5.41, 5.74) is 7.54. The molecule has 1 saturated heterocycles. The number of allylic oxidation sites excluding steroid dienone is 2. The van der Waals surface area contributed by atoms with Gasteiger partial charge in [-0.15, -0.1) is 0 Å². The van der Waals surface area contributed by atoms with Gasteiger partial charge in [-0.25, -0.2) is 0 Å². The van der Waals surface area contributed by atoms with Crippen molar-refractivity contribution in [1.82, 2.24) is 30.8 Å². The van der Waals surface area contributed by atoms with Crippen molar-refractivity contribution in [3.63, 3.8) is 0 Å². The SMILES string of the molecule is CC(C)(CCC(=O)NCC(=O)N1CCCC1)CC(C)(C)CNC(=O)CCc1ccc2c(c1)[nH]c1ccncc12.CC(C)C.CCC(C)C=N/C(C)=C(\C)c1ccc([C@H](C)NC=O)cc1. The van der Waals surface area contributed by atoms with Gasteiger partial charge < -0.3 is 25.8 Å². The molecular weight excluding hydrogens is 799 g/mol. The van der Waals surface area contributed by atoms with Gasteiger partial charge in [0.2, 0.25) is 24.1 Å². The van der Waals surface area contributed by atoms with Crippen molar-refractivity contribution < 1.29 is 19.2 Å². The minimum atomic E-state index is -0.112. The molecule has 0 radical (unpaired) electrons. The van der Waals surface area contributed by atoms with Gasteiger partial charge in [0.25, 0.3) is 0 Å². The lowest BCUT2D eigenvalue weighted by Crippen LogP contribution is -2.39. The number of hydrogen-bond donors (Lipinski definition) is 4. The van der Waals surface area contributed by atoms with Crippen molar-refractivity contribution in [2.24, 2.45) is 27.7 Å². The predicted molar refractivity (Wildman–Crippen MR) is 266 cm³/mol. The summed E-state index contributed by atoms with van der Waals surface area (Å²) in [5, 5.41) is 10.9. The molecule has 0 aliphatic carbocycles. The molecule has 0 saturated carbocycles. The fourth-order valence-electron chi connectivity index (χ4n) is 7.74. The lowest BCUT2D eigenvalue weighted by Gasteiger charge is -2.35. The Morgan fingerprint density at radius 1 is 0.859 bits per heavy atom. The smallest absolute Gasteiger partial charge is 0.241 e. The zero-order valence-corrected chi connectivity index (χ0v) is 41.1. The summed E-state index contributed by atoms with van der Waals surface area (Å²) in [6.07, 6.45) is 12.7. The van der Waals surface area contributed by atoms with Crippen molar-refractivity contribution in [1.29, 1.82) is 0 Å². The molecule has 1 fully saturated rings. The topological polar surface area (TPSA) is 149 Å². The Balaban J connectivity index is 0.000000366. The van der Waals surface area contributed by atoms with Gasteiger partial charge in [-0.05, 0) is 116 Å². The number of nitrogens with zero attached hydrogens (tertiary/aromatic N) is 3. The Labute approximate surface area is 384 Å². The average Bonchev–Trinajstić information content (AvgIpc) is 3.93. The zero-order valence-electron chi connectivity index (χ0n) is 41.1. The molecule has 5 rings (SSSR count). The minimum Gasteiger partial charge on any atom is -0.356 e. The first-order chi connectivity index (χ1) is 30.2. The number of aromatic amines is 1. The number of aryl methyl sites for hydroxylation is 1. The average molecular weight is 878 g/mol. The number of fused-ring (bicyclic) bond motifs is 3. The summed E-state index contributed by atoms with van der Waals surface area (Å²) >= 11 is 0. The molecule has 2 aromatic heterocycles. The number of aliphatic imine (C=N–C) groups is 1. The molecule has 3 heterocycles. The fourth-order valence-corrected chi connectivity index (χ4v) is 7.74. The van der Waals surface area contributed by atoms with E-state index in [0.29, 0.717) is 31.7 Å². The molecule has 4 N–H and O–H groups in total. The van der Waals surface area contributed by atoms with E-state index in [1.54, 1.807) is 6.20 Å². The first-order valence-electron chi connectivity index (χ1n) is 23.4. The van der Waals surface area contributed by atoms with Crippen molar-refractivity contribution in [3.05, 3.63) is 83.3 Å². The van der Waals surface area contributed by atoms with E-state index in [-0.39, 0.29) is 41.1 Å². The van der Waals surface area contributed by atoms with Crippen LogP contribution in [0.5, 0.6) is 0 Å². The lowest BCUT2D eigenvalue weighted by molar-refractivity contribution is -0.132. The lowest BCUT2D eigenvalue weighted by atomic mass is 9.72. The van der Waals surface area contributed by atoms with Crippen LogP contribution in [0.25, 0.3) is 27.4 Å². The predicted octanol–water partition coefficient (Wildman–Crippen LogP) is 10.7. The Bertz CT molecular complexity index is 2160. The van der Waals surface area contributed by atoms with Crippen LogP contribution in [0.4, 0.5) is 0 Å². The van der Waals surface area contributed by atoms with Crippen molar-refractivity contribution >= 4 is 57.7 Å². The van der Waals surface area contributed by atoms with Gasteiger partial charge in [-0.3, -0.25) is 29.2 Å². The first-order valence-corrected chi connectivity index (χ1v) is 23.4. The van der Waals surface area contributed by atoms with E-state index in [1.807, 2.05) is 49.4 Å². The highest BCUT2D eigenvalue weighted by molar-refractivity contribution is 6.06. The van der Waals surface area contributed by atoms with Gasteiger partial charge >= 0.3 is 0 Å². The van der Waals surface area contributed by atoms with Gasteiger partial charge in [-0.1, -0.05) is 98.7 Å². The van der Waals surface area contributed by atoms with Gasteiger partial charge in [0, 0.05) is 78.6 Å². The monoisotopic (exact) mass is 878 g/mol. The number of carbonyl (C=O) groups is 4. The number of likely N-dealkylation sites (tertiary alicyclic amines) is 1. The van der Waals surface area contributed by atoms with Crippen LogP contribution in [0, 0.1) is 22.7 Å². The Hall–Kier alpha value is -5.32. The molecule has 2 atom stereocenters. The first kappa shape index (κ1) is 53.0. The third kappa shape index (κ3) is 18.4. The van der Waals surface area contributed by atoms with Crippen LogP contribution >= 0.6 is 0 Å². The Morgan fingerprint density at radius 2 is 1.52 bits per heavy atom. The fraction of sp³-hybridized carbons (Fsp3) is 0.547. The van der Waals surface area contributed by atoms with Gasteiger partial charge in [0.1, 0.15) is 0 Å². The standard InChI is InChI=1S/C31H43N5O3.C18H26N2O.C4H10/c1-30(2,13-11-28(38)33-19-29(39)36-15-5-6-16-36)20-31(3,4)21-34-27(37)10-8-22-7-9-23-24-18-32-14-12-25(24)35-26(23)17-22;1-6-13(2)11-19-15(4)14(3)17-7-9-18(10-8-17)16(5)20-12-21;1-4(2)3/h7,9,12,14,17-18,35H,5-6,8,10-11,13,15-16,19-21H2,1-4H3,(H,33,38)(H,34,37);7-13,16H,6H2,1-5H3,(H,20,21);4H,1-3H3/b;15-14+,19-11?;/t;13?,16-;/m.0./s1. The highest BCUT2D eigenvalue weighted by atomic mass is 16.2. The van der Waals surface area contributed by atoms with E-state index < -0.39 is 0 Å². The number of amides is 4. The van der Waals surface area contributed by atoms with E-state index in [4.69, 9.17) is 0 Å². The van der Waals surface area contributed by atoms with Gasteiger partial charge in [0.05, 0.1) is 12.6 Å². The van der Waals surface area contributed by atoms with Crippen LogP contribution in [0.2, 0.25) is 0 Å². The number of nitrogens with one attached hydrogen (secondary N) is 4. The summed E-state index contributed by atoms with van der Waals surface area (Å²) in [6.45, 7) is 27.8. The molecule has 11 nitrogen and oxygen atoms in total. The molecule has 0 spiro atoms. The Kier molecular flexibility index (Phi) is 21.4. The quantitative estimate of drug-likeness (QED) is 0.0547. The third-order valence-corrected chi connectivity index (χ3v) is 11.6. The number of benzene rings is 2. The molecule has 11 heteroatoms. The molecule has 2 aromatic carbocycles. The minimum absolute atomic E-state index is 0.00736. The molecule has 64 heavy (non-hydrogen) atoms. The molecule has 1 unspecified atom stereocenters. The van der Waals surface area contributed by atoms with Crippen molar-refractivity contribution in [2.75, 3.05) is 26.2 Å². The second-order valence-corrected chi connectivity index (χ2v) is 19.8. The highest BCUT2D eigenvalue weighted by Gasteiger charge is 2.30. The molecule has 4 amide bonds.